The van der Waals surface area contributed by atoms with Crippen LogP contribution in [0.25, 0.3) is 0 Å². The average molecular weight is 320 g/mol. The lowest BCUT2D eigenvalue weighted by atomic mass is 10.2. The molecule has 0 aromatic heterocycles. The molecule has 22 heavy (non-hydrogen) atoms. The van der Waals surface area contributed by atoms with Gasteiger partial charge in [-0.25, -0.2) is 0 Å². The van der Waals surface area contributed by atoms with Crippen LogP contribution in [0.5, 0.6) is 11.5 Å². The van der Waals surface area contributed by atoms with Gasteiger partial charge in [0.2, 0.25) is 0 Å². The molecule has 0 saturated heterocycles. The number of amides is 1. The van der Waals surface area contributed by atoms with Crippen LogP contribution in [0, 0.1) is 6.92 Å². The molecule has 4 nitrogen and oxygen atoms in total. The van der Waals surface area contributed by atoms with Crippen LogP contribution >= 0.6 is 11.6 Å². The van der Waals surface area contributed by atoms with Crippen molar-refractivity contribution in [3.63, 3.8) is 0 Å². The SMILES string of the molecule is CCOc1ccccc1NC(=O)COc1cc(C)ccc1Cl. The van der Waals surface area contributed by atoms with Crippen LogP contribution in [0.1, 0.15) is 12.5 Å². The summed E-state index contributed by atoms with van der Waals surface area (Å²) in [7, 11) is 0. The van der Waals surface area contributed by atoms with E-state index < -0.39 is 0 Å². The quantitative estimate of drug-likeness (QED) is 0.873. The molecule has 0 saturated carbocycles. The van der Waals surface area contributed by atoms with Crippen LogP contribution in [0.2, 0.25) is 5.02 Å². The van der Waals surface area contributed by atoms with Gasteiger partial charge in [-0.2, -0.15) is 0 Å². The van der Waals surface area contributed by atoms with Gasteiger partial charge in [0, 0.05) is 0 Å². The predicted octanol–water partition coefficient (Wildman–Crippen LogP) is 4.06. The molecule has 0 atom stereocenters. The van der Waals surface area contributed by atoms with Gasteiger partial charge >= 0.3 is 0 Å². The highest BCUT2D eigenvalue weighted by Crippen LogP contribution is 2.26. The maximum atomic E-state index is 12.0. The number of ether oxygens (including phenoxy) is 2. The lowest BCUT2D eigenvalue weighted by molar-refractivity contribution is -0.118. The van der Waals surface area contributed by atoms with Crippen molar-refractivity contribution in [2.24, 2.45) is 0 Å². The summed E-state index contributed by atoms with van der Waals surface area (Å²) >= 11 is 6.03. The Hall–Kier alpha value is -2.20. The van der Waals surface area contributed by atoms with Gasteiger partial charge in [-0.05, 0) is 43.7 Å². The van der Waals surface area contributed by atoms with Crippen LogP contribution in [0.15, 0.2) is 42.5 Å². The smallest absolute Gasteiger partial charge is 0.262 e. The van der Waals surface area contributed by atoms with Crippen molar-refractivity contribution in [2.75, 3.05) is 18.5 Å². The minimum Gasteiger partial charge on any atom is -0.492 e. The van der Waals surface area contributed by atoms with Gasteiger partial charge in [0.25, 0.3) is 5.91 Å². The number of benzene rings is 2. The molecule has 0 bridgehead atoms. The van der Waals surface area contributed by atoms with Gasteiger partial charge in [-0.15, -0.1) is 0 Å². The fraction of sp³-hybridized carbons (Fsp3) is 0.235. The molecule has 0 aliphatic heterocycles. The summed E-state index contributed by atoms with van der Waals surface area (Å²) in [6.07, 6.45) is 0. The number of aryl methyl sites for hydroxylation is 1. The number of halogens is 1. The molecular formula is C17H18ClNO3. The van der Waals surface area contributed by atoms with Crippen LogP contribution in [0.4, 0.5) is 5.69 Å². The molecule has 0 radical (unpaired) electrons. The lowest BCUT2D eigenvalue weighted by Gasteiger charge is -2.12. The number of rotatable bonds is 6. The van der Waals surface area contributed by atoms with E-state index in [-0.39, 0.29) is 12.5 Å². The van der Waals surface area contributed by atoms with Gasteiger partial charge in [0.15, 0.2) is 6.61 Å². The Labute approximate surface area is 135 Å². The molecule has 2 rings (SSSR count). The Kier molecular flexibility index (Phi) is 5.67. The minimum atomic E-state index is -0.273. The largest absolute Gasteiger partial charge is 0.492 e. The van der Waals surface area contributed by atoms with Gasteiger partial charge in [-0.3, -0.25) is 4.79 Å². The van der Waals surface area contributed by atoms with Crippen molar-refractivity contribution in [1.82, 2.24) is 0 Å². The molecule has 0 aliphatic rings. The zero-order valence-electron chi connectivity index (χ0n) is 12.6. The van der Waals surface area contributed by atoms with E-state index in [0.717, 1.165) is 5.56 Å². The maximum Gasteiger partial charge on any atom is 0.262 e. The van der Waals surface area contributed by atoms with Crippen molar-refractivity contribution in [3.05, 3.63) is 53.1 Å². The number of nitrogens with one attached hydrogen (secondary N) is 1. The first kappa shape index (κ1) is 16.2. The second-order valence-electron chi connectivity index (χ2n) is 4.70. The van der Waals surface area contributed by atoms with E-state index in [1.165, 1.54) is 0 Å². The van der Waals surface area contributed by atoms with E-state index in [9.17, 15) is 4.79 Å². The monoisotopic (exact) mass is 319 g/mol. The Bertz CT molecular complexity index is 658. The first-order valence-electron chi connectivity index (χ1n) is 7.00. The Morgan fingerprint density at radius 1 is 1.14 bits per heavy atom. The van der Waals surface area contributed by atoms with Crippen molar-refractivity contribution in [3.8, 4) is 11.5 Å². The van der Waals surface area contributed by atoms with E-state index in [1.54, 1.807) is 24.3 Å². The third-order valence-corrected chi connectivity index (χ3v) is 3.22. The molecule has 0 aliphatic carbocycles. The Balaban J connectivity index is 1.97. The molecule has 116 valence electrons. The Morgan fingerprint density at radius 2 is 1.91 bits per heavy atom. The second kappa shape index (κ2) is 7.71. The molecule has 0 heterocycles. The number of hydrogen-bond acceptors (Lipinski definition) is 3. The van der Waals surface area contributed by atoms with E-state index in [1.807, 2.05) is 32.0 Å². The zero-order valence-corrected chi connectivity index (χ0v) is 13.3. The molecule has 2 aromatic carbocycles. The summed E-state index contributed by atoms with van der Waals surface area (Å²) < 4.78 is 10.9. The summed E-state index contributed by atoms with van der Waals surface area (Å²) in [6, 6.07) is 12.7. The van der Waals surface area contributed by atoms with Crippen LogP contribution in [-0.2, 0) is 4.79 Å². The zero-order chi connectivity index (χ0) is 15.9. The van der Waals surface area contributed by atoms with Crippen molar-refractivity contribution in [1.29, 1.82) is 0 Å². The third-order valence-electron chi connectivity index (χ3n) is 2.91. The summed E-state index contributed by atoms with van der Waals surface area (Å²) in [4.78, 5) is 12.0. The molecule has 2 aromatic rings. The first-order valence-corrected chi connectivity index (χ1v) is 7.38. The predicted molar refractivity (Wildman–Crippen MR) is 87.9 cm³/mol. The number of anilines is 1. The van der Waals surface area contributed by atoms with Gasteiger partial charge < -0.3 is 14.8 Å². The lowest BCUT2D eigenvalue weighted by Crippen LogP contribution is -2.20. The molecule has 0 spiro atoms. The molecule has 0 fully saturated rings. The Morgan fingerprint density at radius 3 is 2.68 bits per heavy atom. The highest BCUT2D eigenvalue weighted by molar-refractivity contribution is 6.32. The normalized spacial score (nSPS) is 10.1. The van der Waals surface area contributed by atoms with E-state index in [0.29, 0.717) is 28.8 Å². The van der Waals surface area contributed by atoms with Gasteiger partial charge in [0.05, 0.1) is 17.3 Å². The summed E-state index contributed by atoms with van der Waals surface area (Å²) in [5.74, 6) is 0.853. The van der Waals surface area contributed by atoms with Crippen LogP contribution in [0.3, 0.4) is 0 Å². The van der Waals surface area contributed by atoms with Crippen LogP contribution in [-0.4, -0.2) is 19.1 Å². The number of hydrogen-bond donors (Lipinski definition) is 1. The van der Waals surface area contributed by atoms with E-state index in [4.69, 9.17) is 21.1 Å². The average Bonchev–Trinajstić information content (AvgIpc) is 2.50. The van der Waals surface area contributed by atoms with Crippen molar-refractivity contribution in [2.45, 2.75) is 13.8 Å². The summed E-state index contributed by atoms with van der Waals surface area (Å²) in [5.41, 5.74) is 1.63. The standard InChI is InChI=1S/C17H18ClNO3/c1-3-21-15-7-5-4-6-14(15)19-17(20)11-22-16-10-12(2)8-9-13(16)18/h4-10H,3,11H2,1-2H3,(H,19,20). The highest BCUT2D eigenvalue weighted by Gasteiger charge is 2.09. The van der Waals surface area contributed by atoms with Crippen LogP contribution < -0.4 is 14.8 Å². The van der Waals surface area contributed by atoms with E-state index >= 15 is 0 Å². The summed E-state index contributed by atoms with van der Waals surface area (Å²) in [5, 5.41) is 3.25. The molecule has 1 amide bonds. The third kappa shape index (κ3) is 4.40. The van der Waals surface area contributed by atoms with Gasteiger partial charge in [0.1, 0.15) is 11.5 Å². The maximum absolute atomic E-state index is 12.0. The van der Waals surface area contributed by atoms with E-state index in [2.05, 4.69) is 5.32 Å². The molecule has 0 unspecified atom stereocenters. The molecular weight excluding hydrogens is 302 g/mol. The topological polar surface area (TPSA) is 47.6 Å². The first-order chi connectivity index (χ1) is 10.6. The highest BCUT2D eigenvalue weighted by atomic mass is 35.5. The molecule has 1 N–H and O–H groups in total. The minimum absolute atomic E-state index is 0.121. The number of carbonyl (C=O) groups is 1. The second-order valence-corrected chi connectivity index (χ2v) is 5.11. The van der Waals surface area contributed by atoms with Crippen molar-refractivity contribution >= 4 is 23.2 Å². The van der Waals surface area contributed by atoms with Gasteiger partial charge in [-0.1, -0.05) is 29.8 Å². The number of para-hydroxylation sites is 2. The fourth-order valence-electron chi connectivity index (χ4n) is 1.90. The summed E-state index contributed by atoms with van der Waals surface area (Å²) in [6.45, 7) is 4.23. The fourth-order valence-corrected chi connectivity index (χ4v) is 2.07. The molecule has 5 heteroatoms. The number of carbonyl (C=O) groups excluding carboxylic acids is 1. The van der Waals surface area contributed by atoms with Crippen molar-refractivity contribution < 1.29 is 14.3 Å².